The first-order chi connectivity index (χ1) is 8.51. The van der Waals surface area contributed by atoms with Crippen LogP contribution in [0.1, 0.15) is 45.7 Å². The van der Waals surface area contributed by atoms with Gasteiger partial charge < -0.3 is 9.84 Å². The van der Waals surface area contributed by atoms with Crippen LogP contribution >= 0.6 is 0 Å². The molecule has 1 aliphatic rings. The normalized spacial score (nSPS) is 19.4. The van der Waals surface area contributed by atoms with Crippen molar-refractivity contribution in [3.63, 3.8) is 0 Å². The summed E-state index contributed by atoms with van der Waals surface area (Å²) in [5, 5.41) is 8.99. The lowest BCUT2D eigenvalue weighted by Gasteiger charge is -2.17. The summed E-state index contributed by atoms with van der Waals surface area (Å²) in [6.45, 7) is 11.6. The van der Waals surface area contributed by atoms with Crippen LogP contribution in [0, 0.1) is 6.92 Å². The highest BCUT2D eigenvalue weighted by atomic mass is 16.5. The van der Waals surface area contributed by atoms with Gasteiger partial charge in [-0.15, -0.1) is 0 Å². The Hall–Kier alpha value is -1.51. The van der Waals surface area contributed by atoms with E-state index < -0.39 is 11.6 Å². The molecule has 1 unspecified atom stereocenters. The number of hydrogen-bond donors (Lipinski definition) is 1. The van der Waals surface area contributed by atoms with Crippen molar-refractivity contribution < 1.29 is 14.6 Å². The molecular formula is C15H24O3. The smallest absolute Gasteiger partial charge is 0.348 e. The molecule has 0 spiro atoms. The van der Waals surface area contributed by atoms with Gasteiger partial charge in [-0.25, -0.2) is 4.79 Å². The molecule has 0 saturated carbocycles. The summed E-state index contributed by atoms with van der Waals surface area (Å²) in [5.41, 5.74) is 1.02. The minimum atomic E-state index is -1.09. The predicted molar refractivity (Wildman–Crippen MR) is 74.2 cm³/mol. The van der Waals surface area contributed by atoms with Crippen molar-refractivity contribution >= 4 is 5.97 Å². The number of carbonyl (C=O) groups is 1. The molecule has 102 valence electrons. The number of carboxylic acid groups (broad SMARTS) is 1. The van der Waals surface area contributed by atoms with E-state index in [-0.39, 0.29) is 0 Å². The van der Waals surface area contributed by atoms with Crippen molar-refractivity contribution in [2.75, 3.05) is 0 Å². The van der Waals surface area contributed by atoms with Gasteiger partial charge >= 0.3 is 5.97 Å². The zero-order valence-electron chi connectivity index (χ0n) is 12.2. The molecule has 2 rings (SSSR count). The van der Waals surface area contributed by atoms with Gasteiger partial charge in [-0.1, -0.05) is 45.4 Å². The third kappa shape index (κ3) is 3.49. The zero-order chi connectivity index (χ0) is 14.3. The molecule has 1 aliphatic heterocycles. The number of aryl methyl sites for hydroxylation is 1. The van der Waals surface area contributed by atoms with Gasteiger partial charge in [-0.05, 0) is 25.5 Å². The average molecular weight is 252 g/mol. The molecule has 1 aromatic rings. The van der Waals surface area contributed by atoms with Gasteiger partial charge in [0.2, 0.25) is 5.60 Å². The molecule has 1 atom stereocenters. The minimum Gasteiger partial charge on any atom is -0.478 e. The fraction of sp³-hybridized carbons (Fsp3) is 0.533. The van der Waals surface area contributed by atoms with Crippen LogP contribution in [0.3, 0.4) is 0 Å². The maximum absolute atomic E-state index is 11.0. The van der Waals surface area contributed by atoms with Crippen molar-refractivity contribution in [2.45, 2.75) is 53.6 Å². The molecule has 3 heteroatoms. The lowest BCUT2D eigenvalue weighted by atomic mass is 9.99. The Morgan fingerprint density at radius 1 is 1.28 bits per heavy atom. The molecule has 1 N–H and O–H groups in total. The van der Waals surface area contributed by atoms with Crippen LogP contribution in [0.5, 0.6) is 5.75 Å². The maximum atomic E-state index is 11.0. The van der Waals surface area contributed by atoms with Crippen LogP contribution in [0.25, 0.3) is 0 Å². The van der Waals surface area contributed by atoms with Gasteiger partial charge in [0, 0.05) is 6.42 Å². The lowest BCUT2D eigenvalue weighted by Crippen LogP contribution is -2.39. The number of aliphatic carboxylic acids is 1. The second-order valence-corrected chi connectivity index (χ2v) is 3.93. The highest BCUT2D eigenvalue weighted by molar-refractivity contribution is 5.79. The number of fused-ring (bicyclic) bond motifs is 1. The fourth-order valence-corrected chi connectivity index (χ4v) is 1.71. The molecule has 0 bridgehead atoms. The molecule has 0 aliphatic carbocycles. The third-order valence-corrected chi connectivity index (χ3v) is 2.53. The van der Waals surface area contributed by atoms with Gasteiger partial charge in [0.05, 0.1) is 0 Å². The standard InChI is InChI=1S/C11H12O3.2C2H6/c1-7-3-4-9-8(5-7)6-11(2,14-9)10(12)13;2*1-2/h3-5H,6H2,1-2H3,(H,12,13);2*1-2H3. The van der Waals surface area contributed by atoms with Gasteiger partial charge in [0.15, 0.2) is 0 Å². The van der Waals surface area contributed by atoms with Gasteiger partial charge in [0.1, 0.15) is 5.75 Å². The first-order valence-corrected chi connectivity index (χ1v) is 6.53. The summed E-state index contributed by atoms with van der Waals surface area (Å²) in [7, 11) is 0. The topological polar surface area (TPSA) is 46.5 Å². The van der Waals surface area contributed by atoms with Gasteiger partial charge in [-0.3, -0.25) is 0 Å². The SMILES string of the molecule is CC.CC.Cc1ccc2c(c1)CC(C)(C(=O)O)O2. The Labute approximate surface area is 110 Å². The number of ether oxygens (including phenoxy) is 1. The van der Waals surface area contributed by atoms with Crippen molar-refractivity contribution in [3.05, 3.63) is 29.3 Å². The minimum absolute atomic E-state index is 0.444. The van der Waals surface area contributed by atoms with Crippen LogP contribution in [0.4, 0.5) is 0 Å². The van der Waals surface area contributed by atoms with E-state index >= 15 is 0 Å². The summed E-state index contributed by atoms with van der Waals surface area (Å²) < 4.78 is 5.41. The largest absolute Gasteiger partial charge is 0.478 e. The van der Waals surface area contributed by atoms with Crippen molar-refractivity contribution in [1.29, 1.82) is 0 Å². The van der Waals surface area contributed by atoms with E-state index in [0.29, 0.717) is 12.2 Å². The monoisotopic (exact) mass is 252 g/mol. The highest BCUT2D eigenvalue weighted by Gasteiger charge is 2.41. The molecule has 1 aromatic carbocycles. The second kappa shape index (κ2) is 7.04. The first kappa shape index (κ1) is 16.5. The Kier molecular flexibility index (Phi) is 6.45. The molecule has 0 radical (unpaired) electrons. The fourth-order valence-electron chi connectivity index (χ4n) is 1.71. The molecule has 3 nitrogen and oxygen atoms in total. The van der Waals surface area contributed by atoms with Crippen LogP contribution in [0.2, 0.25) is 0 Å². The summed E-state index contributed by atoms with van der Waals surface area (Å²) in [6, 6.07) is 5.73. The van der Waals surface area contributed by atoms with Crippen LogP contribution in [-0.4, -0.2) is 16.7 Å². The molecule has 0 fully saturated rings. The van der Waals surface area contributed by atoms with E-state index in [0.717, 1.165) is 11.1 Å². The maximum Gasteiger partial charge on any atom is 0.348 e. The van der Waals surface area contributed by atoms with Crippen molar-refractivity contribution in [1.82, 2.24) is 0 Å². The number of carboxylic acids is 1. The Bertz CT molecular complexity index is 399. The van der Waals surface area contributed by atoms with E-state index in [1.807, 2.05) is 52.8 Å². The van der Waals surface area contributed by atoms with Gasteiger partial charge in [0.25, 0.3) is 0 Å². The number of rotatable bonds is 1. The molecule has 0 aromatic heterocycles. The highest BCUT2D eigenvalue weighted by Crippen LogP contribution is 2.35. The van der Waals surface area contributed by atoms with Gasteiger partial charge in [-0.2, -0.15) is 0 Å². The Morgan fingerprint density at radius 3 is 2.33 bits per heavy atom. The van der Waals surface area contributed by atoms with E-state index in [9.17, 15) is 4.79 Å². The Balaban J connectivity index is 0.000000659. The van der Waals surface area contributed by atoms with Crippen molar-refractivity contribution in [2.24, 2.45) is 0 Å². The summed E-state index contributed by atoms with van der Waals surface area (Å²) in [6.07, 6.45) is 0.444. The third-order valence-electron chi connectivity index (χ3n) is 2.53. The summed E-state index contributed by atoms with van der Waals surface area (Å²) >= 11 is 0. The van der Waals surface area contributed by atoms with E-state index in [4.69, 9.17) is 9.84 Å². The predicted octanol–water partition coefficient (Wildman–Crippen LogP) is 3.83. The zero-order valence-corrected chi connectivity index (χ0v) is 12.2. The molecule has 0 amide bonds. The molecule has 18 heavy (non-hydrogen) atoms. The summed E-state index contributed by atoms with van der Waals surface area (Å²) in [5.74, 6) is -0.216. The van der Waals surface area contributed by atoms with E-state index in [2.05, 4.69) is 0 Å². The quantitative estimate of drug-likeness (QED) is 0.826. The van der Waals surface area contributed by atoms with Crippen LogP contribution < -0.4 is 4.74 Å². The van der Waals surface area contributed by atoms with Crippen LogP contribution in [0.15, 0.2) is 18.2 Å². The van der Waals surface area contributed by atoms with E-state index in [1.165, 1.54) is 0 Å². The Morgan fingerprint density at radius 2 is 1.83 bits per heavy atom. The van der Waals surface area contributed by atoms with Crippen molar-refractivity contribution in [3.8, 4) is 5.75 Å². The number of hydrogen-bond acceptors (Lipinski definition) is 2. The molecule has 1 heterocycles. The average Bonchev–Trinajstić information content (AvgIpc) is 2.71. The lowest BCUT2D eigenvalue weighted by molar-refractivity contribution is -0.152. The summed E-state index contributed by atoms with van der Waals surface area (Å²) in [4.78, 5) is 11.0. The second-order valence-electron chi connectivity index (χ2n) is 3.93. The molecular weight excluding hydrogens is 228 g/mol. The molecule has 0 saturated heterocycles. The van der Waals surface area contributed by atoms with Crippen LogP contribution in [-0.2, 0) is 11.2 Å². The number of benzene rings is 1. The van der Waals surface area contributed by atoms with E-state index in [1.54, 1.807) is 6.92 Å². The first-order valence-electron chi connectivity index (χ1n) is 6.53.